The zero-order valence-corrected chi connectivity index (χ0v) is 9.72. The molecule has 1 aliphatic heterocycles. The highest BCUT2D eigenvalue weighted by Crippen LogP contribution is 2.20. The molecule has 0 aromatic rings. The number of rotatable bonds is 2. The van der Waals surface area contributed by atoms with E-state index in [1.807, 2.05) is 0 Å². The van der Waals surface area contributed by atoms with Gasteiger partial charge in [-0.05, 0) is 6.92 Å². The van der Waals surface area contributed by atoms with E-state index in [0.717, 1.165) is 0 Å². The van der Waals surface area contributed by atoms with Gasteiger partial charge in [0.15, 0.2) is 5.78 Å². The number of carboxylic acids is 1. The second-order valence-corrected chi connectivity index (χ2v) is 4.49. The van der Waals surface area contributed by atoms with Crippen LogP contribution >= 0.6 is 22.6 Å². The van der Waals surface area contributed by atoms with Gasteiger partial charge in [0, 0.05) is 12.5 Å². The van der Waals surface area contributed by atoms with E-state index in [-0.39, 0.29) is 24.8 Å². The van der Waals surface area contributed by atoms with Crippen LogP contribution in [0.15, 0.2) is 0 Å². The fourth-order valence-electron chi connectivity index (χ4n) is 1.38. The molecule has 0 aliphatic carbocycles. The predicted molar refractivity (Wildman–Crippen MR) is 56.2 cm³/mol. The number of amides is 1. The third-order valence-corrected chi connectivity index (χ3v) is 3.34. The molecule has 1 amide bonds. The lowest BCUT2D eigenvalue weighted by molar-refractivity contribution is -0.149. The van der Waals surface area contributed by atoms with Crippen molar-refractivity contribution in [3.8, 4) is 0 Å². The normalized spacial score (nSPS) is 28.0. The summed E-state index contributed by atoms with van der Waals surface area (Å²) in [6.45, 7) is 1.36. The zero-order chi connectivity index (χ0) is 10.9. The van der Waals surface area contributed by atoms with Crippen molar-refractivity contribution in [1.82, 2.24) is 4.90 Å². The van der Waals surface area contributed by atoms with Crippen molar-refractivity contribution in [3.63, 3.8) is 0 Å². The van der Waals surface area contributed by atoms with Crippen molar-refractivity contribution >= 4 is 40.3 Å². The van der Waals surface area contributed by atoms with Crippen LogP contribution in [0, 0.1) is 0 Å². The number of aliphatic carboxylic acids is 1. The van der Waals surface area contributed by atoms with Crippen LogP contribution in [0.25, 0.3) is 0 Å². The number of ketones is 1. The lowest BCUT2D eigenvalue weighted by atomic mass is 10.0. The van der Waals surface area contributed by atoms with Crippen LogP contribution in [-0.4, -0.2) is 44.2 Å². The number of hydrogen-bond donors (Lipinski definition) is 1. The average molecular weight is 311 g/mol. The molecule has 2 atom stereocenters. The average Bonchev–Trinajstić information content (AvgIpc) is 2.09. The van der Waals surface area contributed by atoms with Gasteiger partial charge in [-0.1, -0.05) is 22.6 Å². The molecule has 1 rings (SSSR count). The summed E-state index contributed by atoms with van der Waals surface area (Å²) in [7, 11) is 0. The largest absolute Gasteiger partial charge is 0.480 e. The number of halogens is 1. The first-order valence-electron chi connectivity index (χ1n) is 4.12. The van der Waals surface area contributed by atoms with E-state index in [0.29, 0.717) is 0 Å². The SMILES string of the molecule is CC1CC(=O)C(I)C(=O)N1CC(=O)O. The summed E-state index contributed by atoms with van der Waals surface area (Å²) in [5, 5.41) is 8.57. The fourth-order valence-corrected chi connectivity index (χ4v) is 2.00. The van der Waals surface area contributed by atoms with Crippen LogP contribution < -0.4 is 0 Å². The van der Waals surface area contributed by atoms with Crippen molar-refractivity contribution in [2.24, 2.45) is 0 Å². The molecule has 6 heteroatoms. The van der Waals surface area contributed by atoms with Crippen LogP contribution in [-0.2, 0) is 14.4 Å². The number of hydrogen-bond acceptors (Lipinski definition) is 3. The Balaban J connectivity index is 2.79. The Morgan fingerprint density at radius 2 is 2.21 bits per heavy atom. The molecule has 0 bridgehead atoms. The van der Waals surface area contributed by atoms with Gasteiger partial charge in [0.1, 0.15) is 10.5 Å². The lowest BCUT2D eigenvalue weighted by Crippen LogP contribution is -2.53. The maximum absolute atomic E-state index is 11.5. The van der Waals surface area contributed by atoms with Gasteiger partial charge < -0.3 is 10.0 Å². The Bertz CT molecular complexity index is 291. The Hall–Kier alpha value is -0.660. The second kappa shape index (κ2) is 4.24. The molecular formula is C8H10INO4. The maximum Gasteiger partial charge on any atom is 0.323 e. The minimum absolute atomic E-state index is 0.121. The van der Waals surface area contributed by atoms with E-state index in [4.69, 9.17) is 5.11 Å². The number of Topliss-reactive ketones (excluding diaryl/α,β-unsaturated/α-hetero) is 1. The first-order chi connectivity index (χ1) is 6.43. The predicted octanol–water partition coefficient (Wildman–Crippen LogP) is 0.0645. The van der Waals surface area contributed by atoms with Gasteiger partial charge in [0.05, 0.1) is 0 Å². The van der Waals surface area contributed by atoms with E-state index in [9.17, 15) is 14.4 Å². The third kappa shape index (κ3) is 2.23. The molecule has 14 heavy (non-hydrogen) atoms. The first-order valence-corrected chi connectivity index (χ1v) is 5.37. The zero-order valence-electron chi connectivity index (χ0n) is 7.57. The number of nitrogens with zero attached hydrogens (tertiary/aromatic N) is 1. The molecular weight excluding hydrogens is 301 g/mol. The molecule has 1 heterocycles. The van der Waals surface area contributed by atoms with Gasteiger partial charge in [-0.2, -0.15) is 0 Å². The number of likely N-dealkylation sites (tertiary alicyclic amines) is 1. The van der Waals surface area contributed by atoms with Crippen molar-refractivity contribution in [2.75, 3.05) is 6.54 Å². The van der Waals surface area contributed by atoms with Crippen molar-refractivity contribution in [2.45, 2.75) is 23.3 Å². The highest BCUT2D eigenvalue weighted by molar-refractivity contribution is 14.1. The lowest BCUT2D eigenvalue weighted by Gasteiger charge is -2.33. The minimum atomic E-state index is -1.05. The Morgan fingerprint density at radius 3 is 2.71 bits per heavy atom. The Labute approximate surface area is 94.6 Å². The van der Waals surface area contributed by atoms with Crippen LogP contribution in [0.5, 0.6) is 0 Å². The van der Waals surface area contributed by atoms with E-state index in [1.54, 1.807) is 29.5 Å². The number of carboxylic acid groups (broad SMARTS) is 1. The minimum Gasteiger partial charge on any atom is -0.480 e. The van der Waals surface area contributed by atoms with Crippen LogP contribution in [0.1, 0.15) is 13.3 Å². The fraction of sp³-hybridized carbons (Fsp3) is 0.625. The summed E-state index contributed by atoms with van der Waals surface area (Å²) in [6.07, 6.45) is 0.243. The van der Waals surface area contributed by atoms with Crippen LogP contribution in [0.2, 0.25) is 0 Å². The van der Waals surface area contributed by atoms with Crippen LogP contribution in [0.3, 0.4) is 0 Å². The van der Waals surface area contributed by atoms with Gasteiger partial charge in [0.25, 0.3) is 0 Å². The maximum atomic E-state index is 11.5. The Kier molecular flexibility index (Phi) is 3.46. The summed E-state index contributed by atoms with van der Waals surface area (Å²) in [6, 6.07) is -0.308. The van der Waals surface area contributed by atoms with Crippen molar-refractivity contribution in [3.05, 3.63) is 0 Å². The molecule has 1 saturated heterocycles. The summed E-state index contributed by atoms with van der Waals surface area (Å²) >= 11 is 1.75. The van der Waals surface area contributed by atoms with E-state index in [1.165, 1.54) is 4.90 Å². The molecule has 0 aromatic heterocycles. The monoisotopic (exact) mass is 311 g/mol. The number of alkyl halides is 1. The van der Waals surface area contributed by atoms with Gasteiger partial charge in [-0.3, -0.25) is 14.4 Å². The molecule has 0 spiro atoms. The van der Waals surface area contributed by atoms with Gasteiger partial charge >= 0.3 is 5.97 Å². The van der Waals surface area contributed by atoms with E-state index < -0.39 is 15.8 Å². The number of carbonyl (C=O) groups excluding carboxylic acids is 2. The van der Waals surface area contributed by atoms with Gasteiger partial charge in [-0.15, -0.1) is 0 Å². The van der Waals surface area contributed by atoms with Gasteiger partial charge in [-0.25, -0.2) is 0 Å². The summed E-state index contributed by atoms with van der Waals surface area (Å²) in [5.74, 6) is -1.57. The quantitative estimate of drug-likeness (QED) is 0.445. The standard InChI is InChI=1S/C8H10INO4/c1-4-2-5(11)7(9)8(14)10(4)3-6(12)13/h4,7H,2-3H2,1H3,(H,12,13). The summed E-state index contributed by atoms with van der Waals surface area (Å²) < 4.78 is -0.719. The third-order valence-electron chi connectivity index (χ3n) is 2.12. The van der Waals surface area contributed by atoms with Crippen molar-refractivity contribution in [1.29, 1.82) is 0 Å². The molecule has 0 radical (unpaired) electrons. The molecule has 0 aromatic carbocycles. The second-order valence-electron chi connectivity index (χ2n) is 3.24. The Morgan fingerprint density at radius 1 is 1.64 bits per heavy atom. The first kappa shape index (κ1) is 11.4. The van der Waals surface area contributed by atoms with E-state index in [2.05, 4.69) is 0 Å². The molecule has 78 valence electrons. The van der Waals surface area contributed by atoms with Gasteiger partial charge in [0.2, 0.25) is 5.91 Å². The smallest absolute Gasteiger partial charge is 0.323 e. The van der Waals surface area contributed by atoms with Crippen molar-refractivity contribution < 1.29 is 19.5 Å². The summed E-state index contributed by atoms with van der Waals surface area (Å²) in [5.41, 5.74) is 0. The number of carbonyl (C=O) groups is 3. The summed E-state index contributed by atoms with van der Waals surface area (Å²) in [4.78, 5) is 34.5. The molecule has 2 unspecified atom stereocenters. The highest BCUT2D eigenvalue weighted by atomic mass is 127. The molecule has 0 saturated carbocycles. The highest BCUT2D eigenvalue weighted by Gasteiger charge is 2.38. The number of piperidine rings is 1. The molecule has 1 fully saturated rings. The molecule has 5 nitrogen and oxygen atoms in total. The van der Waals surface area contributed by atoms with E-state index >= 15 is 0 Å². The topological polar surface area (TPSA) is 74.7 Å². The molecule has 1 aliphatic rings. The van der Waals surface area contributed by atoms with Crippen LogP contribution in [0.4, 0.5) is 0 Å². The molecule has 1 N–H and O–H groups in total.